The van der Waals surface area contributed by atoms with Crippen LogP contribution in [0.25, 0.3) is 16.0 Å². The summed E-state index contributed by atoms with van der Waals surface area (Å²) in [4.78, 5) is 33.8. The van der Waals surface area contributed by atoms with Crippen LogP contribution in [0.2, 0.25) is 0 Å². The lowest BCUT2D eigenvalue weighted by Gasteiger charge is -2.24. The van der Waals surface area contributed by atoms with Crippen molar-refractivity contribution in [3.8, 4) is 17.2 Å². The van der Waals surface area contributed by atoms with E-state index < -0.39 is 17.7 Å². The molecule has 44 heavy (non-hydrogen) atoms. The first-order chi connectivity index (χ1) is 21.1. The van der Waals surface area contributed by atoms with Gasteiger partial charge in [0.05, 0.1) is 35.0 Å². The summed E-state index contributed by atoms with van der Waals surface area (Å²) in [6, 6.07) is 15.7. The van der Waals surface area contributed by atoms with Crippen molar-refractivity contribution in [3.63, 3.8) is 0 Å². The van der Waals surface area contributed by atoms with Gasteiger partial charge in [0.2, 0.25) is 0 Å². The number of ketones is 1. The summed E-state index contributed by atoms with van der Waals surface area (Å²) in [6.07, 6.45) is 1.60. The van der Waals surface area contributed by atoms with Crippen LogP contribution in [0.4, 0.5) is 5.13 Å². The maximum atomic E-state index is 13.8. The number of Topliss-reactive ketones (excluding diaryl/α,β-unsaturated/α-hetero) is 1. The van der Waals surface area contributed by atoms with Gasteiger partial charge in [0.15, 0.2) is 16.6 Å². The summed E-state index contributed by atoms with van der Waals surface area (Å²) in [5, 5.41) is 12.1. The first kappa shape index (κ1) is 29.7. The van der Waals surface area contributed by atoms with Crippen LogP contribution in [0.5, 0.6) is 17.2 Å². The molecule has 6 rings (SSSR count). The van der Waals surface area contributed by atoms with Gasteiger partial charge in [-0.2, -0.15) is 0 Å². The van der Waals surface area contributed by atoms with Crippen molar-refractivity contribution in [1.82, 2.24) is 4.98 Å². The zero-order valence-corrected chi connectivity index (χ0v) is 26.4. The predicted octanol–water partition coefficient (Wildman–Crippen LogP) is 7.38. The summed E-state index contributed by atoms with van der Waals surface area (Å²) in [5.74, 6) is 0.551. The van der Waals surface area contributed by atoms with Gasteiger partial charge in [-0.25, -0.2) is 4.98 Å². The van der Waals surface area contributed by atoms with E-state index in [4.69, 9.17) is 19.2 Å². The molecule has 1 saturated heterocycles. The zero-order valence-electron chi connectivity index (χ0n) is 25.5. The molecule has 0 saturated carbocycles. The summed E-state index contributed by atoms with van der Waals surface area (Å²) in [7, 11) is 0. The molecule has 8 nitrogen and oxygen atoms in total. The van der Waals surface area contributed by atoms with Crippen LogP contribution in [0.15, 0.2) is 60.2 Å². The van der Waals surface area contributed by atoms with Crippen LogP contribution < -0.4 is 19.1 Å². The van der Waals surface area contributed by atoms with Crippen molar-refractivity contribution in [2.45, 2.75) is 59.6 Å². The summed E-state index contributed by atoms with van der Waals surface area (Å²) >= 11 is 1.34. The number of rotatable bonds is 9. The Morgan fingerprint density at radius 1 is 1.09 bits per heavy atom. The molecule has 2 atom stereocenters. The van der Waals surface area contributed by atoms with E-state index in [-0.39, 0.29) is 17.4 Å². The van der Waals surface area contributed by atoms with Crippen molar-refractivity contribution < 1.29 is 28.9 Å². The van der Waals surface area contributed by atoms with Crippen molar-refractivity contribution in [2.75, 3.05) is 18.1 Å². The standard InChI is InChI=1S/C35H36N2O6S/c1-6-41-28-18-22(8-12-27(28)42-14-13-19(2)3)31-30(32(38)23-9-11-26-24(17-23)16-21(5)43-26)33(39)34(40)37(31)35-36-25-10-7-20(4)15-29(25)44-35/h7-12,15,17-19,21,31,38H,6,13-14,16H2,1-5H3/t21-,31-/m0/s1. The van der Waals surface area contributed by atoms with Gasteiger partial charge in [0.1, 0.15) is 17.6 Å². The number of hydrogen-bond acceptors (Lipinski definition) is 8. The number of aromatic nitrogens is 1. The topological polar surface area (TPSA) is 98.2 Å². The molecule has 2 aliphatic rings. The van der Waals surface area contributed by atoms with Crippen molar-refractivity contribution in [1.29, 1.82) is 0 Å². The van der Waals surface area contributed by atoms with Crippen LogP contribution in [0, 0.1) is 12.8 Å². The Balaban J connectivity index is 1.50. The molecule has 3 heterocycles. The molecule has 9 heteroatoms. The second-order valence-corrected chi connectivity index (χ2v) is 12.8. The largest absolute Gasteiger partial charge is 0.507 e. The molecule has 4 aromatic rings. The maximum Gasteiger partial charge on any atom is 0.301 e. The average Bonchev–Trinajstić information content (AvgIpc) is 3.65. The van der Waals surface area contributed by atoms with E-state index in [1.165, 1.54) is 16.2 Å². The van der Waals surface area contributed by atoms with Gasteiger partial charge >= 0.3 is 5.91 Å². The van der Waals surface area contributed by atoms with E-state index in [0.717, 1.165) is 33.5 Å². The lowest BCUT2D eigenvalue weighted by molar-refractivity contribution is -0.132. The number of ether oxygens (including phenoxy) is 3. The number of anilines is 1. The van der Waals surface area contributed by atoms with E-state index in [1.54, 1.807) is 24.3 Å². The number of thiazole rings is 1. The molecular weight excluding hydrogens is 576 g/mol. The van der Waals surface area contributed by atoms with Gasteiger partial charge < -0.3 is 19.3 Å². The summed E-state index contributed by atoms with van der Waals surface area (Å²) in [5.41, 5.74) is 3.77. The Morgan fingerprint density at radius 3 is 2.68 bits per heavy atom. The second kappa shape index (κ2) is 12.0. The van der Waals surface area contributed by atoms with Crippen molar-refractivity contribution >= 4 is 44.1 Å². The van der Waals surface area contributed by atoms with Crippen LogP contribution in [0.3, 0.4) is 0 Å². The van der Waals surface area contributed by atoms with Gasteiger partial charge in [0.25, 0.3) is 5.78 Å². The number of aliphatic hydroxyl groups excluding tert-OH is 1. The molecule has 1 N–H and O–H groups in total. The highest BCUT2D eigenvalue weighted by atomic mass is 32.1. The monoisotopic (exact) mass is 612 g/mol. The molecule has 0 aliphatic carbocycles. The minimum absolute atomic E-state index is 0.00623. The zero-order chi connectivity index (χ0) is 31.1. The fraction of sp³-hybridized carbons (Fsp3) is 0.343. The Bertz CT molecular complexity index is 1790. The molecule has 0 unspecified atom stereocenters. The molecule has 1 fully saturated rings. The highest BCUT2D eigenvalue weighted by molar-refractivity contribution is 7.22. The minimum Gasteiger partial charge on any atom is -0.507 e. The number of amides is 1. The minimum atomic E-state index is -0.941. The van der Waals surface area contributed by atoms with E-state index in [9.17, 15) is 14.7 Å². The number of carbonyl (C=O) groups excluding carboxylic acids is 2. The number of aryl methyl sites for hydroxylation is 1. The fourth-order valence-corrected chi connectivity index (χ4v) is 6.77. The Morgan fingerprint density at radius 2 is 1.91 bits per heavy atom. The Hall–Kier alpha value is -4.37. The summed E-state index contributed by atoms with van der Waals surface area (Å²) < 4.78 is 18.8. The third-order valence-electron chi connectivity index (χ3n) is 7.89. The predicted molar refractivity (Wildman–Crippen MR) is 172 cm³/mol. The lowest BCUT2D eigenvalue weighted by atomic mass is 9.94. The normalized spacial score (nSPS) is 19.1. The van der Waals surface area contributed by atoms with Crippen molar-refractivity contribution in [2.24, 2.45) is 5.92 Å². The van der Waals surface area contributed by atoms with Gasteiger partial charge in [-0.05, 0) is 92.3 Å². The average molecular weight is 613 g/mol. The number of benzene rings is 3. The molecular formula is C35H36N2O6S. The first-order valence-electron chi connectivity index (χ1n) is 15.0. The van der Waals surface area contributed by atoms with Crippen molar-refractivity contribution in [3.05, 3.63) is 82.4 Å². The van der Waals surface area contributed by atoms with Gasteiger partial charge in [-0.15, -0.1) is 0 Å². The Labute approximate surface area is 260 Å². The van der Waals surface area contributed by atoms with E-state index in [1.807, 2.05) is 51.1 Å². The number of carbonyl (C=O) groups is 2. The van der Waals surface area contributed by atoms with Crippen LogP contribution in [-0.2, 0) is 16.0 Å². The fourth-order valence-electron chi connectivity index (χ4n) is 5.68. The molecule has 1 aromatic heterocycles. The molecule has 0 spiro atoms. The van der Waals surface area contributed by atoms with Gasteiger partial charge in [0, 0.05) is 12.0 Å². The number of aliphatic hydroxyl groups is 1. The van der Waals surface area contributed by atoms with E-state index in [0.29, 0.717) is 53.3 Å². The molecule has 2 aliphatic heterocycles. The molecule has 1 amide bonds. The smallest absolute Gasteiger partial charge is 0.301 e. The molecule has 0 bridgehead atoms. The third kappa shape index (κ3) is 5.52. The third-order valence-corrected chi connectivity index (χ3v) is 8.91. The quantitative estimate of drug-likeness (QED) is 0.120. The van der Waals surface area contributed by atoms with Gasteiger partial charge in [-0.3, -0.25) is 14.5 Å². The van der Waals surface area contributed by atoms with Crippen LogP contribution in [0.1, 0.15) is 62.4 Å². The molecule has 3 aromatic carbocycles. The highest BCUT2D eigenvalue weighted by Crippen LogP contribution is 2.46. The number of fused-ring (bicyclic) bond motifs is 2. The number of nitrogens with zero attached hydrogens (tertiary/aromatic N) is 2. The van der Waals surface area contributed by atoms with Crippen LogP contribution >= 0.6 is 11.3 Å². The Kier molecular flexibility index (Phi) is 8.07. The lowest BCUT2D eigenvalue weighted by Crippen LogP contribution is -2.29. The molecule has 0 radical (unpaired) electrons. The SMILES string of the molecule is CCOc1cc([C@H]2C(=C(O)c3ccc4c(c3)C[C@H](C)O4)C(=O)C(=O)N2c2nc3ccc(C)cc3s2)ccc1OCCC(C)C. The van der Waals surface area contributed by atoms with Crippen LogP contribution in [-0.4, -0.2) is 41.1 Å². The molecule has 228 valence electrons. The van der Waals surface area contributed by atoms with E-state index in [2.05, 4.69) is 13.8 Å². The van der Waals surface area contributed by atoms with Gasteiger partial charge in [-0.1, -0.05) is 37.3 Å². The number of hydrogen-bond donors (Lipinski definition) is 1. The highest BCUT2D eigenvalue weighted by Gasteiger charge is 2.48. The van der Waals surface area contributed by atoms with E-state index >= 15 is 0 Å². The summed E-state index contributed by atoms with van der Waals surface area (Å²) in [6.45, 7) is 11.1. The first-order valence-corrected chi connectivity index (χ1v) is 15.8. The maximum absolute atomic E-state index is 13.8. The second-order valence-electron chi connectivity index (χ2n) is 11.8.